The summed E-state index contributed by atoms with van der Waals surface area (Å²) in [5, 5.41) is 7.42. The third-order valence-electron chi connectivity index (χ3n) is 2.70. The molecule has 0 aromatic rings. The van der Waals surface area contributed by atoms with Crippen LogP contribution in [0.1, 0.15) is 78.1 Å². The summed E-state index contributed by atoms with van der Waals surface area (Å²) >= 11 is 0. The molecule has 0 spiro atoms. The topological polar surface area (TPSA) is 63.6 Å². The van der Waals surface area contributed by atoms with Gasteiger partial charge in [-0.25, -0.2) is 0 Å². The smallest absolute Gasteiger partial charge is 0.310 e. The molecule has 4 heteroatoms. The third kappa shape index (κ3) is 25.5. The second-order valence-corrected chi connectivity index (χ2v) is 4.75. The number of esters is 1. The fraction of sp³-hybridized carbons (Fsp3) is 0.750. The Balaban J connectivity index is 0. The molecule has 20 heavy (non-hydrogen) atoms. The zero-order valence-corrected chi connectivity index (χ0v) is 13.0. The Labute approximate surface area is 123 Å². The first-order valence-corrected chi connectivity index (χ1v) is 7.54. The van der Waals surface area contributed by atoms with Gasteiger partial charge >= 0.3 is 5.97 Å². The molecule has 0 amide bonds. The minimum Gasteiger partial charge on any atom is -0.481 e. The predicted molar refractivity (Wildman–Crippen MR) is 81.4 cm³/mol. The van der Waals surface area contributed by atoms with E-state index in [0.717, 1.165) is 19.8 Å². The van der Waals surface area contributed by atoms with Gasteiger partial charge < -0.3 is 9.84 Å². The van der Waals surface area contributed by atoms with Crippen LogP contribution in [0.15, 0.2) is 12.8 Å². The van der Waals surface area contributed by atoms with Crippen molar-refractivity contribution >= 4 is 11.9 Å². The molecule has 0 fully saturated rings. The number of hydrogen-bond donors (Lipinski definition) is 1. The normalized spacial score (nSPS) is 9.30. The van der Waals surface area contributed by atoms with Crippen molar-refractivity contribution in [2.24, 2.45) is 0 Å². The molecule has 0 saturated heterocycles. The van der Waals surface area contributed by atoms with Crippen molar-refractivity contribution in [1.29, 1.82) is 0 Å². The van der Waals surface area contributed by atoms with Gasteiger partial charge in [-0.3, -0.25) is 9.59 Å². The van der Waals surface area contributed by atoms with Crippen LogP contribution in [-0.2, 0) is 14.3 Å². The van der Waals surface area contributed by atoms with E-state index < -0.39 is 5.97 Å². The van der Waals surface area contributed by atoms with Crippen molar-refractivity contribution in [3.05, 3.63) is 12.8 Å². The van der Waals surface area contributed by atoms with Gasteiger partial charge in [-0.15, -0.1) is 0 Å². The molecule has 118 valence electrons. The summed E-state index contributed by atoms with van der Waals surface area (Å²) in [6.07, 6.45) is 13.1. The van der Waals surface area contributed by atoms with Gasteiger partial charge in [-0.2, -0.15) is 0 Å². The molecular formula is C16H30O4. The number of aliphatic carboxylic acids is 1. The van der Waals surface area contributed by atoms with Crippen LogP contribution in [0, 0.1) is 0 Å². The van der Waals surface area contributed by atoms with E-state index in [2.05, 4.69) is 18.2 Å². The highest BCUT2D eigenvalue weighted by Gasteiger charge is 1.99. The second kappa shape index (κ2) is 17.7. The summed E-state index contributed by atoms with van der Waals surface area (Å²) in [4.78, 5) is 20.0. The monoisotopic (exact) mass is 286 g/mol. The van der Waals surface area contributed by atoms with Crippen LogP contribution in [0.5, 0.6) is 0 Å². The summed E-state index contributed by atoms with van der Waals surface area (Å²) in [6.45, 7) is 6.67. The van der Waals surface area contributed by atoms with Gasteiger partial charge in [-0.1, -0.05) is 64.9 Å². The number of hydrogen-bond acceptors (Lipinski definition) is 3. The van der Waals surface area contributed by atoms with Crippen molar-refractivity contribution in [1.82, 2.24) is 0 Å². The molecule has 0 rings (SSSR count). The van der Waals surface area contributed by atoms with Crippen LogP contribution < -0.4 is 0 Å². The second-order valence-electron chi connectivity index (χ2n) is 4.75. The molecule has 0 aromatic heterocycles. The Morgan fingerprint density at radius 1 is 1.00 bits per heavy atom. The van der Waals surface area contributed by atoms with Crippen LogP contribution in [0.4, 0.5) is 0 Å². The lowest BCUT2D eigenvalue weighted by Gasteiger charge is -2.01. The molecular weight excluding hydrogens is 256 g/mol. The van der Waals surface area contributed by atoms with Gasteiger partial charge in [0.05, 0.1) is 6.26 Å². The summed E-state index contributed by atoms with van der Waals surface area (Å²) in [6, 6.07) is 0. The highest BCUT2D eigenvalue weighted by molar-refractivity contribution is 5.69. The summed E-state index contributed by atoms with van der Waals surface area (Å²) in [7, 11) is 0. The average molecular weight is 286 g/mol. The van der Waals surface area contributed by atoms with Gasteiger partial charge in [0.2, 0.25) is 0 Å². The van der Waals surface area contributed by atoms with Gasteiger partial charge in [0.15, 0.2) is 0 Å². The first kappa shape index (κ1) is 21.0. The molecule has 0 radical (unpaired) electrons. The summed E-state index contributed by atoms with van der Waals surface area (Å²) in [5.41, 5.74) is 0. The summed E-state index contributed by atoms with van der Waals surface area (Å²) in [5.74, 6) is -0.988. The first-order valence-electron chi connectivity index (χ1n) is 7.54. The minimum absolute atomic E-state index is 0.155. The lowest BCUT2D eigenvalue weighted by molar-refractivity contribution is -0.138. The van der Waals surface area contributed by atoms with Crippen LogP contribution in [-0.4, -0.2) is 17.0 Å². The largest absolute Gasteiger partial charge is 0.481 e. The maximum Gasteiger partial charge on any atom is 0.310 e. The van der Waals surface area contributed by atoms with Crippen molar-refractivity contribution in [2.45, 2.75) is 78.1 Å². The highest BCUT2D eigenvalue weighted by Crippen LogP contribution is 2.10. The van der Waals surface area contributed by atoms with Crippen molar-refractivity contribution < 1.29 is 19.4 Å². The van der Waals surface area contributed by atoms with Crippen molar-refractivity contribution in [2.75, 3.05) is 0 Å². The molecule has 4 nitrogen and oxygen atoms in total. The molecule has 0 atom stereocenters. The number of rotatable bonds is 11. The minimum atomic E-state index is -0.833. The molecule has 0 aromatic carbocycles. The van der Waals surface area contributed by atoms with Crippen LogP contribution >= 0.6 is 0 Å². The van der Waals surface area contributed by atoms with Crippen molar-refractivity contribution in [3.63, 3.8) is 0 Å². The lowest BCUT2D eigenvalue weighted by Crippen LogP contribution is -1.98. The Bertz CT molecular complexity index is 245. The third-order valence-corrected chi connectivity index (χ3v) is 2.70. The quantitative estimate of drug-likeness (QED) is 0.340. The van der Waals surface area contributed by atoms with Gasteiger partial charge in [0.1, 0.15) is 0 Å². The van der Waals surface area contributed by atoms with E-state index in [4.69, 9.17) is 9.90 Å². The lowest BCUT2D eigenvalue weighted by atomic mass is 10.1. The SMILES string of the molecule is C=COC(=O)CCCCCCCCCCC.CC(=O)O. The van der Waals surface area contributed by atoms with E-state index in [1.165, 1.54) is 51.2 Å². The maximum absolute atomic E-state index is 11.0. The van der Waals surface area contributed by atoms with E-state index in [-0.39, 0.29) is 5.97 Å². The average Bonchev–Trinajstić information content (AvgIpc) is 2.36. The maximum atomic E-state index is 11.0. The predicted octanol–water partition coefficient (Wildman–Crippen LogP) is 4.68. The number of carboxylic acid groups (broad SMARTS) is 1. The number of carbonyl (C=O) groups excluding carboxylic acids is 1. The Morgan fingerprint density at radius 2 is 1.40 bits per heavy atom. The Kier molecular flexibility index (Phi) is 18.6. The first-order chi connectivity index (χ1) is 9.54. The number of unbranched alkanes of at least 4 members (excludes halogenated alkanes) is 8. The Morgan fingerprint density at radius 3 is 1.80 bits per heavy atom. The number of carbonyl (C=O) groups is 2. The van der Waals surface area contributed by atoms with Crippen LogP contribution in [0.3, 0.4) is 0 Å². The molecule has 0 aliphatic rings. The fourth-order valence-electron chi connectivity index (χ4n) is 1.73. The van der Waals surface area contributed by atoms with Crippen molar-refractivity contribution in [3.8, 4) is 0 Å². The van der Waals surface area contributed by atoms with Gasteiger partial charge in [0.25, 0.3) is 5.97 Å². The molecule has 1 N–H and O–H groups in total. The highest BCUT2D eigenvalue weighted by atomic mass is 16.5. The molecule has 0 bridgehead atoms. The molecule has 0 heterocycles. The Hall–Kier alpha value is -1.32. The van der Waals surface area contributed by atoms with Crippen LogP contribution in [0.2, 0.25) is 0 Å². The molecule has 0 saturated carbocycles. The molecule has 0 aliphatic heterocycles. The number of ether oxygens (including phenoxy) is 1. The molecule has 0 unspecified atom stereocenters. The van der Waals surface area contributed by atoms with Gasteiger partial charge in [0, 0.05) is 13.3 Å². The van der Waals surface area contributed by atoms with E-state index in [1.807, 2.05) is 0 Å². The zero-order valence-electron chi connectivity index (χ0n) is 13.0. The van der Waals surface area contributed by atoms with Crippen LogP contribution in [0.25, 0.3) is 0 Å². The van der Waals surface area contributed by atoms with E-state index in [1.54, 1.807) is 0 Å². The van der Waals surface area contributed by atoms with E-state index >= 15 is 0 Å². The standard InChI is InChI=1S/C14H26O2.C2H4O2/c1-3-5-6-7-8-9-10-11-12-13-14(15)16-4-2;1-2(3)4/h4H,2-3,5-13H2,1H3;1H3,(H,3,4). The van der Waals surface area contributed by atoms with Gasteiger partial charge in [-0.05, 0) is 6.42 Å². The fourth-order valence-corrected chi connectivity index (χ4v) is 1.73. The number of carboxylic acids is 1. The zero-order chi connectivity index (χ0) is 15.6. The van der Waals surface area contributed by atoms with E-state index in [9.17, 15) is 4.79 Å². The van der Waals surface area contributed by atoms with E-state index in [0.29, 0.717) is 6.42 Å². The molecule has 0 aliphatic carbocycles. The summed E-state index contributed by atoms with van der Waals surface area (Å²) < 4.78 is 4.64.